The first-order valence-electron chi connectivity index (χ1n) is 7.39. The van der Waals surface area contributed by atoms with E-state index in [1.165, 1.54) is 12.1 Å². The molecule has 0 fully saturated rings. The topological polar surface area (TPSA) is 38.3 Å². The largest absolute Gasteiger partial charge is 0.493 e. The fraction of sp³-hybridized carbons (Fsp3) is 0.278. The van der Waals surface area contributed by atoms with E-state index in [2.05, 4.69) is 5.32 Å². The molecule has 2 aromatic rings. The lowest BCUT2D eigenvalue weighted by molar-refractivity contribution is -0.121. The number of carbonyl (C=O) groups is 1. The molecule has 1 aliphatic heterocycles. The van der Waals surface area contributed by atoms with E-state index in [1.54, 1.807) is 6.07 Å². The van der Waals surface area contributed by atoms with E-state index in [-0.39, 0.29) is 17.8 Å². The Morgan fingerprint density at radius 1 is 1.32 bits per heavy atom. The highest BCUT2D eigenvalue weighted by Gasteiger charge is 2.23. The summed E-state index contributed by atoms with van der Waals surface area (Å²) in [5.41, 5.74) is 2.82. The van der Waals surface area contributed by atoms with Crippen molar-refractivity contribution in [3.8, 4) is 5.75 Å². The molecule has 0 spiro atoms. The summed E-state index contributed by atoms with van der Waals surface area (Å²) in [6, 6.07) is 12.1. The van der Waals surface area contributed by atoms with Crippen LogP contribution in [0.15, 0.2) is 42.5 Å². The van der Waals surface area contributed by atoms with Crippen LogP contribution >= 0.6 is 0 Å². The maximum absolute atomic E-state index is 13.4. The van der Waals surface area contributed by atoms with Gasteiger partial charge in [-0.05, 0) is 30.7 Å². The molecule has 4 heteroatoms. The van der Waals surface area contributed by atoms with Gasteiger partial charge in [-0.15, -0.1) is 0 Å². The predicted octanol–water partition coefficient (Wildman–Crippen LogP) is 3.32. The van der Waals surface area contributed by atoms with E-state index in [4.69, 9.17) is 4.74 Å². The van der Waals surface area contributed by atoms with E-state index in [0.717, 1.165) is 11.1 Å². The van der Waals surface area contributed by atoms with Crippen molar-refractivity contribution in [3.63, 3.8) is 0 Å². The van der Waals surface area contributed by atoms with Crippen LogP contribution < -0.4 is 10.1 Å². The van der Waals surface area contributed by atoms with Gasteiger partial charge in [-0.1, -0.05) is 29.8 Å². The van der Waals surface area contributed by atoms with E-state index in [0.29, 0.717) is 30.8 Å². The van der Waals surface area contributed by atoms with Gasteiger partial charge in [-0.2, -0.15) is 0 Å². The lowest BCUT2D eigenvalue weighted by Gasteiger charge is -2.26. The number of benzene rings is 2. The highest BCUT2D eigenvalue weighted by Crippen LogP contribution is 2.32. The molecule has 3 rings (SSSR count). The Bertz CT molecular complexity index is 699. The molecular weight excluding hydrogens is 281 g/mol. The Labute approximate surface area is 129 Å². The molecule has 2 aromatic carbocycles. The molecule has 0 radical (unpaired) electrons. The smallest absolute Gasteiger partial charge is 0.224 e. The van der Waals surface area contributed by atoms with Crippen molar-refractivity contribution in [2.45, 2.75) is 25.8 Å². The quantitative estimate of drug-likeness (QED) is 0.944. The number of fused-ring (bicyclic) bond motifs is 1. The van der Waals surface area contributed by atoms with Crippen molar-refractivity contribution in [3.05, 3.63) is 65.0 Å². The van der Waals surface area contributed by atoms with Crippen molar-refractivity contribution in [2.24, 2.45) is 0 Å². The number of aryl methyl sites for hydroxylation is 1. The Morgan fingerprint density at radius 2 is 2.18 bits per heavy atom. The number of halogens is 1. The van der Waals surface area contributed by atoms with Crippen molar-refractivity contribution < 1.29 is 13.9 Å². The number of hydrogen-bond donors (Lipinski definition) is 1. The minimum Gasteiger partial charge on any atom is -0.493 e. The molecule has 1 atom stereocenters. The van der Waals surface area contributed by atoms with Crippen LogP contribution in [0.4, 0.5) is 4.39 Å². The standard InChI is InChI=1S/C18H18FNO2/c1-12-3-2-4-13(9-12)10-18(21)20-16-7-8-22-17-6-5-14(19)11-15(16)17/h2-6,9,11,16H,7-8,10H2,1H3,(H,20,21). The average molecular weight is 299 g/mol. The van der Waals surface area contributed by atoms with Gasteiger partial charge >= 0.3 is 0 Å². The third-order valence-electron chi connectivity index (χ3n) is 3.79. The third-order valence-corrected chi connectivity index (χ3v) is 3.79. The fourth-order valence-corrected chi connectivity index (χ4v) is 2.77. The van der Waals surface area contributed by atoms with Crippen LogP contribution in [-0.4, -0.2) is 12.5 Å². The summed E-state index contributed by atoms with van der Waals surface area (Å²) in [6.45, 7) is 2.52. The number of nitrogens with one attached hydrogen (secondary N) is 1. The second kappa shape index (κ2) is 6.18. The Balaban J connectivity index is 1.71. The minimum atomic E-state index is -0.317. The van der Waals surface area contributed by atoms with Crippen molar-refractivity contribution in [1.29, 1.82) is 0 Å². The van der Waals surface area contributed by atoms with Crippen molar-refractivity contribution in [2.75, 3.05) is 6.61 Å². The Hall–Kier alpha value is -2.36. The summed E-state index contributed by atoms with van der Waals surface area (Å²) in [5.74, 6) is 0.267. The van der Waals surface area contributed by atoms with E-state index in [1.807, 2.05) is 31.2 Å². The SMILES string of the molecule is Cc1cccc(CC(=O)NC2CCOc3ccc(F)cc32)c1. The highest BCUT2D eigenvalue weighted by atomic mass is 19.1. The second-order valence-electron chi connectivity index (χ2n) is 5.61. The maximum Gasteiger partial charge on any atom is 0.224 e. The summed E-state index contributed by atoms with van der Waals surface area (Å²) >= 11 is 0. The Morgan fingerprint density at radius 3 is 3.00 bits per heavy atom. The normalized spacial score (nSPS) is 16.5. The van der Waals surface area contributed by atoms with E-state index in [9.17, 15) is 9.18 Å². The first kappa shape index (κ1) is 14.6. The molecule has 0 aromatic heterocycles. The highest BCUT2D eigenvalue weighted by molar-refractivity contribution is 5.79. The summed E-state index contributed by atoms with van der Waals surface area (Å²) in [6.07, 6.45) is 0.972. The summed E-state index contributed by atoms with van der Waals surface area (Å²) in [5, 5.41) is 2.98. The summed E-state index contributed by atoms with van der Waals surface area (Å²) in [4.78, 5) is 12.2. The lowest BCUT2D eigenvalue weighted by atomic mass is 10.00. The average Bonchev–Trinajstić information content (AvgIpc) is 2.48. The van der Waals surface area contributed by atoms with Crippen molar-refractivity contribution >= 4 is 5.91 Å². The Kier molecular flexibility index (Phi) is 4.09. The molecule has 1 aliphatic rings. The molecule has 1 N–H and O–H groups in total. The zero-order valence-electron chi connectivity index (χ0n) is 12.4. The van der Waals surface area contributed by atoms with Gasteiger partial charge in [-0.25, -0.2) is 4.39 Å². The predicted molar refractivity (Wildman–Crippen MR) is 82.3 cm³/mol. The van der Waals surface area contributed by atoms with Crippen LogP contribution in [0.1, 0.15) is 29.2 Å². The molecule has 1 unspecified atom stereocenters. The van der Waals surface area contributed by atoms with Crippen LogP contribution in [-0.2, 0) is 11.2 Å². The second-order valence-corrected chi connectivity index (χ2v) is 5.61. The van der Waals surface area contributed by atoms with Gasteiger partial charge in [0.1, 0.15) is 11.6 Å². The molecule has 0 saturated carbocycles. The van der Waals surface area contributed by atoms with Gasteiger partial charge in [0.05, 0.1) is 19.1 Å². The molecular formula is C18H18FNO2. The molecule has 3 nitrogen and oxygen atoms in total. The van der Waals surface area contributed by atoms with E-state index < -0.39 is 0 Å². The van der Waals surface area contributed by atoms with Gasteiger partial charge < -0.3 is 10.1 Å². The molecule has 0 saturated heterocycles. The van der Waals surface area contributed by atoms with Crippen LogP contribution in [0.3, 0.4) is 0 Å². The molecule has 0 aliphatic carbocycles. The van der Waals surface area contributed by atoms with Gasteiger partial charge in [0.2, 0.25) is 5.91 Å². The maximum atomic E-state index is 13.4. The summed E-state index contributed by atoms with van der Waals surface area (Å²) in [7, 11) is 0. The summed E-state index contributed by atoms with van der Waals surface area (Å²) < 4.78 is 18.9. The lowest BCUT2D eigenvalue weighted by Crippen LogP contribution is -2.33. The number of hydrogen-bond acceptors (Lipinski definition) is 2. The van der Waals surface area contributed by atoms with Crippen LogP contribution in [0, 0.1) is 12.7 Å². The van der Waals surface area contributed by atoms with Crippen LogP contribution in [0.25, 0.3) is 0 Å². The molecule has 114 valence electrons. The number of carbonyl (C=O) groups excluding carboxylic acids is 1. The first-order chi connectivity index (χ1) is 10.6. The van der Waals surface area contributed by atoms with Crippen LogP contribution in [0.2, 0.25) is 0 Å². The van der Waals surface area contributed by atoms with Gasteiger partial charge in [0, 0.05) is 12.0 Å². The molecule has 22 heavy (non-hydrogen) atoms. The minimum absolute atomic E-state index is 0.0623. The number of rotatable bonds is 3. The third kappa shape index (κ3) is 3.27. The van der Waals surface area contributed by atoms with Gasteiger partial charge in [0.25, 0.3) is 0 Å². The monoisotopic (exact) mass is 299 g/mol. The zero-order valence-corrected chi connectivity index (χ0v) is 12.4. The van der Waals surface area contributed by atoms with Crippen LogP contribution in [0.5, 0.6) is 5.75 Å². The molecule has 1 heterocycles. The molecule has 0 bridgehead atoms. The van der Waals surface area contributed by atoms with Gasteiger partial charge in [-0.3, -0.25) is 4.79 Å². The number of amides is 1. The van der Waals surface area contributed by atoms with E-state index >= 15 is 0 Å². The number of ether oxygens (including phenoxy) is 1. The molecule has 1 amide bonds. The zero-order chi connectivity index (χ0) is 15.5. The van der Waals surface area contributed by atoms with Crippen molar-refractivity contribution in [1.82, 2.24) is 5.32 Å². The first-order valence-corrected chi connectivity index (χ1v) is 7.39. The van der Waals surface area contributed by atoms with Gasteiger partial charge in [0.15, 0.2) is 0 Å². The fourth-order valence-electron chi connectivity index (χ4n) is 2.77.